The van der Waals surface area contributed by atoms with Crippen molar-refractivity contribution < 1.29 is 14.3 Å². The highest BCUT2D eigenvalue weighted by molar-refractivity contribution is 6.07. The predicted molar refractivity (Wildman–Crippen MR) is 114 cm³/mol. The number of amides is 1. The summed E-state index contributed by atoms with van der Waals surface area (Å²) in [6.45, 7) is 10.6. The molecule has 3 aromatic rings. The largest absolute Gasteiger partial charge is 0.458 e. The quantitative estimate of drug-likeness (QED) is 0.602. The zero-order valence-electron chi connectivity index (χ0n) is 18.0. The number of carbonyl (C=O) groups excluding carboxylic acids is 2. The summed E-state index contributed by atoms with van der Waals surface area (Å²) in [5.74, 6) is -0.880. The van der Waals surface area contributed by atoms with Crippen LogP contribution >= 0.6 is 0 Å². The van der Waals surface area contributed by atoms with Crippen molar-refractivity contribution in [3.05, 3.63) is 64.7 Å². The van der Waals surface area contributed by atoms with E-state index in [-0.39, 0.29) is 17.7 Å². The maximum atomic E-state index is 12.7. The molecule has 0 fully saturated rings. The van der Waals surface area contributed by atoms with Crippen molar-refractivity contribution in [2.24, 2.45) is 0 Å². The first-order valence-corrected chi connectivity index (χ1v) is 9.96. The normalized spacial score (nSPS) is 11.0. The molecule has 0 aliphatic carbocycles. The van der Waals surface area contributed by atoms with Gasteiger partial charge in [0.2, 0.25) is 0 Å². The molecule has 0 saturated carbocycles. The van der Waals surface area contributed by atoms with E-state index in [0.717, 1.165) is 17.0 Å². The zero-order chi connectivity index (χ0) is 21.8. The number of esters is 1. The summed E-state index contributed by atoms with van der Waals surface area (Å²) < 4.78 is 8.75. The van der Waals surface area contributed by atoms with Gasteiger partial charge in [-0.2, -0.15) is 10.2 Å². The summed E-state index contributed by atoms with van der Waals surface area (Å²) in [5, 5.41) is 11.5. The first kappa shape index (κ1) is 21.3. The van der Waals surface area contributed by atoms with Crippen molar-refractivity contribution in [3.63, 3.8) is 0 Å². The molecule has 3 rings (SSSR count). The number of nitrogens with one attached hydrogen (secondary N) is 1. The van der Waals surface area contributed by atoms with Gasteiger partial charge in [-0.3, -0.25) is 14.2 Å². The van der Waals surface area contributed by atoms with Crippen LogP contribution in [-0.2, 0) is 17.8 Å². The van der Waals surface area contributed by atoms with Gasteiger partial charge in [0.1, 0.15) is 0 Å². The molecular weight excluding hydrogens is 382 g/mol. The van der Waals surface area contributed by atoms with E-state index < -0.39 is 5.97 Å². The van der Waals surface area contributed by atoms with Crippen molar-refractivity contribution in [1.82, 2.24) is 19.6 Å². The molecule has 0 atom stereocenters. The lowest BCUT2D eigenvalue weighted by Crippen LogP contribution is -2.17. The minimum Gasteiger partial charge on any atom is -0.458 e. The molecule has 1 aromatic carbocycles. The standard InChI is InChI=1S/C22H27N5O3/c1-6-26-13-19(20(25-26)22(29)30-14(2)3)23-21(28)18-9-7-17(8-10-18)12-27-16(5)11-15(4)24-27/h7-11,13-14H,6,12H2,1-5H3,(H,23,28). The van der Waals surface area contributed by atoms with Crippen LogP contribution in [0, 0.1) is 13.8 Å². The Morgan fingerprint density at radius 1 is 1.13 bits per heavy atom. The van der Waals surface area contributed by atoms with Crippen LogP contribution in [0.2, 0.25) is 0 Å². The van der Waals surface area contributed by atoms with E-state index in [4.69, 9.17) is 4.74 Å². The third kappa shape index (κ3) is 4.94. The summed E-state index contributed by atoms with van der Waals surface area (Å²) >= 11 is 0. The molecule has 8 heteroatoms. The molecule has 0 aliphatic heterocycles. The van der Waals surface area contributed by atoms with Crippen molar-refractivity contribution in [3.8, 4) is 0 Å². The Morgan fingerprint density at radius 3 is 2.40 bits per heavy atom. The third-order valence-electron chi connectivity index (χ3n) is 4.52. The number of hydrogen-bond acceptors (Lipinski definition) is 5. The van der Waals surface area contributed by atoms with E-state index in [1.807, 2.05) is 43.7 Å². The number of carbonyl (C=O) groups is 2. The third-order valence-corrected chi connectivity index (χ3v) is 4.52. The van der Waals surface area contributed by atoms with E-state index in [0.29, 0.717) is 24.3 Å². The van der Waals surface area contributed by atoms with E-state index in [2.05, 4.69) is 15.5 Å². The number of rotatable bonds is 7. The molecule has 2 heterocycles. The lowest BCUT2D eigenvalue weighted by Gasteiger charge is -2.09. The van der Waals surface area contributed by atoms with E-state index in [1.54, 1.807) is 36.9 Å². The van der Waals surface area contributed by atoms with Crippen molar-refractivity contribution in [1.29, 1.82) is 0 Å². The van der Waals surface area contributed by atoms with Gasteiger partial charge < -0.3 is 10.1 Å². The highest BCUT2D eigenvalue weighted by Crippen LogP contribution is 2.18. The van der Waals surface area contributed by atoms with E-state index >= 15 is 0 Å². The summed E-state index contributed by atoms with van der Waals surface area (Å²) in [5.41, 5.74) is 4.02. The Balaban J connectivity index is 1.74. The SMILES string of the molecule is CCn1cc(NC(=O)c2ccc(Cn3nc(C)cc3C)cc2)c(C(=O)OC(C)C)n1. The Hall–Kier alpha value is -3.42. The fraction of sp³-hybridized carbons (Fsp3) is 0.364. The molecular formula is C22H27N5O3. The van der Waals surface area contributed by atoms with Gasteiger partial charge in [-0.05, 0) is 58.4 Å². The second-order valence-corrected chi connectivity index (χ2v) is 7.44. The van der Waals surface area contributed by atoms with Crippen LogP contribution in [0.4, 0.5) is 5.69 Å². The van der Waals surface area contributed by atoms with Gasteiger partial charge in [-0.1, -0.05) is 12.1 Å². The number of nitrogens with zero attached hydrogens (tertiary/aromatic N) is 4. The maximum absolute atomic E-state index is 12.7. The maximum Gasteiger partial charge on any atom is 0.361 e. The van der Waals surface area contributed by atoms with Crippen molar-refractivity contribution in [2.45, 2.75) is 53.8 Å². The molecule has 0 radical (unpaired) electrons. The Kier molecular flexibility index (Phi) is 6.34. The predicted octanol–water partition coefficient (Wildman–Crippen LogP) is 3.58. The number of aryl methyl sites for hydroxylation is 3. The van der Waals surface area contributed by atoms with Crippen LogP contribution in [-0.4, -0.2) is 37.5 Å². The van der Waals surface area contributed by atoms with E-state index in [9.17, 15) is 9.59 Å². The topological polar surface area (TPSA) is 91.0 Å². The van der Waals surface area contributed by atoms with Gasteiger partial charge in [0.15, 0.2) is 5.69 Å². The minimum atomic E-state index is -0.562. The average molecular weight is 409 g/mol. The number of benzene rings is 1. The lowest BCUT2D eigenvalue weighted by atomic mass is 10.1. The Labute approximate surface area is 175 Å². The van der Waals surface area contributed by atoms with Crippen LogP contribution in [0.15, 0.2) is 36.5 Å². The number of aromatic nitrogens is 4. The van der Waals surface area contributed by atoms with Crippen LogP contribution in [0.3, 0.4) is 0 Å². The van der Waals surface area contributed by atoms with Gasteiger partial charge in [-0.25, -0.2) is 4.79 Å². The Morgan fingerprint density at radius 2 is 1.83 bits per heavy atom. The highest BCUT2D eigenvalue weighted by Gasteiger charge is 2.21. The highest BCUT2D eigenvalue weighted by atomic mass is 16.5. The molecule has 2 aromatic heterocycles. The number of ether oxygens (including phenoxy) is 1. The van der Waals surface area contributed by atoms with Gasteiger partial charge in [-0.15, -0.1) is 0 Å². The fourth-order valence-corrected chi connectivity index (χ4v) is 3.06. The summed E-state index contributed by atoms with van der Waals surface area (Å²) in [6, 6.07) is 9.34. The second-order valence-electron chi connectivity index (χ2n) is 7.44. The smallest absolute Gasteiger partial charge is 0.361 e. The van der Waals surface area contributed by atoms with Gasteiger partial charge in [0.25, 0.3) is 5.91 Å². The second kappa shape index (κ2) is 8.94. The monoisotopic (exact) mass is 409 g/mol. The van der Waals surface area contributed by atoms with Crippen LogP contribution in [0.1, 0.15) is 58.6 Å². The average Bonchev–Trinajstić information content (AvgIpc) is 3.24. The molecule has 0 aliphatic rings. The number of anilines is 1. The van der Waals surface area contributed by atoms with Gasteiger partial charge >= 0.3 is 5.97 Å². The van der Waals surface area contributed by atoms with Crippen molar-refractivity contribution in [2.75, 3.05) is 5.32 Å². The van der Waals surface area contributed by atoms with Gasteiger partial charge in [0, 0.05) is 24.0 Å². The first-order chi connectivity index (χ1) is 14.3. The molecule has 1 N–H and O–H groups in total. The van der Waals surface area contributed by atoms with Crippen LogP contribution in [0.5, 0.6) is 0 Å². The molecule has 30 heavy (non-hydrogen) atoms. The van der Waals surface area contributed by atoms with Crippen LogP contribution < -0.4 is 5.32 Å². The molecule has 0 spiro atoms. The summed E-state index contributed by atoms with van der Waals surface area (Å²) in [4.78, 5) is 25.0. The van der Waals surface area contributed by atoms with E-state index in [1.165, 1.54) is 0 Å². The first-order valence-electron chi connectivity index (χ1n) is 9.96. The Bertz CT molecular complexity index is 1050. The zero-order valence-corrected chi connectivity index (χ0v) is 18.0. The molecule has 1 amide bonds. The molecule has 158 valence electrons. The fourth-order valence-electron chi connectivity index (χ4n) is 3.06. The summed E-state index contributed by atoms with van der Waals surface area (Å²) in [7, 11) is 0. The number of hydrogen-bond donors (Lipinski definition) is 1. The lowest BCUT2D eigenvalue weighted by molar-refractivity contribution is 0.0371. The summed E-state index contributed by atoms with van der Waals surface area (Å²) in [6.07, 6.45) is 1.36. The molecule has 0 unspecified atom stereocenters. The van der Waals surface area contributed by atoms with Gasteiger partial charge in [0.05, 0.1) is 24.0 Å². The molecule has 0 bridgehead atoms. The van der Waals surface area contributed by atoms with Crippen LogP contribution in [0.25, 0.3) is 0 Å². The van der Waals surface area contributed by atoms with Crippen molar-refractivity contribution >= 4 is 17.6 Å². The molecule has 0 saturated heterocycles. The molecule has 8 nitrogen and oxygen atoms in total. The minimum absolute atomic E-state index is 0.0973.